The third kappa shape index (κ3) is 7.89. The van der Waals surface area contributed by atoms with Gasteiger partial charge in [0.1, 0.15) is 25.2 Å². The van der Waals surface area contributed by atoms with E-state index in [2.05, 4.69) is 0 Å². The minimum absolute atomic E-state index is 0.0462. The molecular weight excluding hydrogens is 486 g/mol. The highest BCUT2D eigenvalue weighted by molar-refractivity contribution is 6.31. The SMILES string of the molecule is CCCCN1C(=O)/C(=C\c2ccc(N(CC(=O)OCC)CC(=O)OCC)cc2)C(=O)N(CC(=O)O)C1=O. The molecule has 1 heterocycles. The third-order valence-electron chi connectivity index (χ3n) is 5.26. The molecule has 1 aliphatic rings. The van der Waals surface area contributed by atoms with Crippen LogP contribution in [-0.4, -0.2) is 90.1 Å². The first kappa shape index (κ1) is 29.0. The molecule has 0 aliphatic carbocycles. The number of ether oxygens (including phenoxy) is 2. The molecule has 1 saturated heterocycles. The fourth-order valence-corrected chi connectivity index (χ4v) is 3.52. The molecule has 0 radical (unpaired) electrons. The van der Waals surface area contributed by atoms with Gasteiger partial charge in [-0.05, 0) is 44.0 Å². The van der Waals surface area contributed by atoms with Crippen LogP contribution in [-0.2, 0) is 33.4 Å². The van der Waals surface area contributed by atoms with E-state index in [4.69, 9.17) is 14.6 Å². The van der Waals surface area contributed by atoms with Gasteiger partial charge in [-0.3, -0.25) is 28.9 Å². The molecule has 1 aliphatic heterocycles. The van der Waals surface area contributed by atoms with E-state index >= 15 is 0 Å². The molecule has 0 spiro atoms. The number of aliphatic carboxylic acids is 1. The van der Waals surface area contributed by atoms with Crippen LogP contribution in [0, 0.1) is 0 Å². The number of carbonyl (C=O) groups excluding carboxylic acids is 5. The first-order valence-corrected chi connectivity index (χ1v) is 11.9. The number of esters is 2. The van der Waals surface area contributed by atoms with E-state index in [9.17, 15) is 28.8 Å². The van der Waals surface area contributed by atoms with Crippen molar-refractivity contribution in [1.29, 1.82) is 0 Å². The Morgan fingerprint density at radius 2 is 1.43 bits per heavy atom. The van der Waals surface area contributed by atoms with Crippen LogP contribution >= 0.6 is 0 Å². The van der Waals surface area contributed by atoms with Gasteiger partial charge in [0.25, 0.3) is 11.8 Å². The quantitative estimate of drug-likeness (QED) is 0.232. The van der Waals surface area contributed by atoms with Gasteiger partial charge in [-0.1, -0.05) is 25.5 Å². The van der Waals surface area contributed by atoms with E-state index in [0.717, 1.165) is 4.90 Å². The number of hydrogen-bond acceptors (Lipinski definition) is 9. The van der Waals surface area contributed by atoms with Gasteiger partial charge in [0, 0.05) is 12.2 Å². The molecule has 12 heteroatoms. The maximum Gasteiger partial charge on any atom is 0.334 e. The van der Waals surface area contributed by atoms with Crippen LogP contribution in [0.5, 0.6) is 0 Å². The third-order valence-corrected chi connectivity index (χ3v) is 5.26. The molecule has 1 N–H and O–H groups in total. The molecule has 12 nitrogen and oxygen atoms in total. The minimum atomic E-state index is -1.39. The van der Waals surface area contributed by atoms with Crippen molar-refractivity contribution in [2.24, 2.45) is 0 Å². The van der Waals surface area contributed by atoms with Crippen molar-refractivity contribution >= 4 is 47.5 Å². The summed E-state index contributed by atoms with van der Waals surface area (Å²) in [4.78, 5) is 76.6. The summed E-state index contributed by atoms with van der Waals surface area (Å²) in [6, 6.07) is 5.31. The van der Waals surface area contributed by atoms with Gasteiger partial charge in [0.05, 0.1) is 13.2 Å². The van der Waals surface area contributed by atoms with Crippen molar-refractivity contribution in [2.45, 2.75) is 33.6 Å². The van der Waals surface area contributed by atoms with Crippen LogP contribution in [0.25, 0.3) is 6.08 Å². The number of barbiturate groups is 1. The largest absolute Gasteiger partial charge is 0.480 e. The molecule has 0 bridgehead atoms. The van der Waals surface area contributed by atoms with E-state index in [-0.39, 0.29) is 38.4 Å². The Balaban J connectivity index is 2.36. The number of carboxylic acids is 1. The Morgan fingerprint density at radius 1 is 0.892 bits per heavy atom. The Hall–Kier alpha value is -4.22. The smallest absolute Gasteiger partial charge is 0.334 e. The molecule has 0 aromatic heterocycles. The Kier molecular flexibility index (Phi) is 10.8. The number of rotatable bonds is 13. The van der Waals surface area contributed by atoms with Crippen molar-refractivity contribution in [3.63, 3.8) is 0 Å². The molecule has 4 amide bonds. The van der Waals surface area contributed by atoms with Crippen molar-refractivity contribution < 1.29 is 43.3 Å². The molecule has 0 atom stereocenters. The van der Waals surface area contributed by atoms with Crippen molar-refractivity contribution in [3.8, 4) is 0 Å². The molecule has 1 fully saturated rings. The van der Waals surface area contributed by atoms with Crippen LogP contribution in [0.1, 0.15) is 39.2 Å². The molecule has 200 valence electrons. The number of unbranched alkanes of at least 4 members (excludes halogenated alkanes) is 1. The second kappa shape index (κ2) is 13.8. The first-order chi connectivity index (χ1) is 17.6. The number of benzene rings is 1. The zero-order valence-electron chi connectivity index (χ0n) is 21.1. The second-order valence-corrected chi connectivity index (χ2v) is 7.99. The summed E-state index contributed by atoms with van der Waals surface area (Å²) in [7, 11) is 0. The van der Waals surface area contributed by atoms with Gasteiger partial charge in [-0.25, -0.2) is 9.69 Å². The number of anilines is 1. The van der Waals surface area contributed by atoms with Crippen LogP contribution in [0.3, 0.4) is 0 Å². The Bertz CT molecular complexity index is 1050. The van der Waals surface area contributed by atoms with Crippen LogP contribution in [0.4, 0.5) is 10.5 Å². The van der Waals surface area contributed by atoms with E-state index in [1.165, 1.54) is 11.0 Å². The fourth-order valence-electron chi connectivity index (χ4n) is 3.52. The van der Waals surface area contributed by atoms with Gasteiger partial charge in [0.15, 0.2) is 0 Å². The number of carboxylic acid groups (broad SMARTS) is 1. The van der Waals surface area contributed by atoms with E-state index in [1.807, 2.05) is 6.92 Å². The fraction of sp³-hybridized carbons (Fsp3) is 0.440. The lowest BCUT2D eigenvalue weighted by molar-refractivity contribution is -0.144. The van der Waals surface area contributed by atoms with Gasteiger partial charge in [0.2, 0.25) is 0 Å². The number of urea groups is 1. The summed E-state index contributed by atoms with van der Waals surface area (Å²) in [5.41, 5.74) is 0.546. The van der Waals surface area contributed by atoms with Crippen molar-refractivity contribution in [2.75, 3.05) is 44.3 Å². The summed E-state index contributed by atoms with van der Waals surface area (Å²) in [5.74, 6) is -4.27. The molecule has 0 unspecified atom stereocenters. The maximum absolute atomic E-state index is 13.0. The first-order valence-electron chi connectivity index (χ1n) is 11.9. The molecule has 2 rings (SSSR count). The predicted molar refractivity (Wildman–Crippen MR) is 131 cm³/mol. The predicted octanol–water partition coefficient (Wildman–Crippen LogP) is 1.68. The molecular formula is C25H31N3O9. The Labute approximate surface area is 214 Å². The van der Waals surface area contributed by atoms with Gasteiger partial charge in [-0.2, -0.15) is 0 Å². The monoisotopic (exact) mass is 517 g/mol. The van der Waals surface area contributed by atoms with Gasteiger partial charge < -0.3 is 19.5 Å². The molecule has 0 saturated carbocycles. The normalized spacial score (nSPS) is 14.7. The zero-order valence-corrected chi connectivity index (χ0v) is 21.1. The summed E-state index contributed by atoms with van der Waals surface area (Å²) < 4.78 is 9.94. The Morgan fingerprint density at radius 3 is 1.92 bits per heavy atom. The number of hydrogen-bond donors (Lipinski definition) is 1. The second-order valence-electron chi connectivity index (χ2n) is 7.99. The van der Waals surface area contributed by atoms with Crippen molar-refractivity contribution in [1.82, 2.24) is 9.80 Å². The maximum atomic E-state index is 13.0. The lowest BCUT2D eigenvalue weighted by Crippen LogP contribution is -2.57. The van der Waals surface area contributed by atoms with Crippen LogP contribution in [0.15, 0.2) is 29.8 Å². The van der Waals surface area contributed by atoms with Crippen molar-refractivity contribution in [3.05, 3.63) is 35.4 Å². The number of amides is 4. The molecule has 37 heavy (non-hydrogen) atoms. The van der Waals surface area contributed by atoms with Gasteiger partial charge in [-0.15, -0.1) is 0 Å². The summed E-state index contributed by atoms with van der Waals surface area (Å²) in [6.07, 6.45) is 2.44. The molecule has 1 aromatic carbocycles. The highest BCUT2D eigenvalue weighted by Crippen LogP contribution is 2.22. The standard InChI is InChI=1S/C25H31N3O9/c1-4-7-12-27-23(33)19(24(34)28(25(27)35)14-20(29)30)13-17-8-10-18(11-9-17)26(15-21(31)36-5-2)16-22(32)37-6-3/h8-11,13H,4-7,12,14-16H2,1-3H3,(H,29,30)/b19-13+. The average molecular weight is 518 g/mol. The lowest BCUT2D eigenvalue weighted by Gasteiger charge is -2.33. The number of nitrogens with zero attached hydrogens (tertiary/aromatic N) is 3. The summed E-state index contributed by atoms with van der Waals surface area (Å²) in [5, 5.41) is 9.14. The lowest BCUT2D eigenvalue weighted by atomic mass is 10.1. The average Bonchev–Trinajstić information content (AvgIpc) is 2.84. The highest BCUT2D eigenvalue weighted by Gasteiger charge is 2.42. The highest BCUT2D eigenvalue weighted by atomic mass is 16.5. The van der Waals surface area contributed by atoms with E-state index in [1.54, 1.807) is 38.1 Å². The van der Waals surface area contributed by atoms with E-state index < -0.39 is 42.3 Å². The summed E-state index contributed by atoms with van der Waals surface area (Å²) in [6.45, 7) is 4.31. The van der Waals surface area contributed by atoms with E-state index in [0.29, 0.717) is 29.0 Å². The zero-order chi connectivity index (χ0) is 27.5. The molecule has 1 aromatic rings. The summed E-state index contributed by atoms with van der Waals surface area (Å²) >= 11 is 0. The number of imide groups is 2. The minimum Gasteiger partial charge on any atom is -0.480 e. The number of carbonyl (C=O) groups is 6. The topological polar surface area (TPSA) is 151 Å². The van der Waals surface area contributed by atoms with Gasteiger partial charge >= 0.3 is 23.9 Å². The van der Waals surface area contributed by atoms with Crippen LogP contribution in [0.2, 0.25) is 0 Å². The van der Waals surface area contributed by atoms with Crippen LogP contribution < -0.4 is 4.90 Å².